The highest BCUT2D eigenvalue weighted by Crippen LogP contribution is 2.25. The lowest BCUT2D eigenvalue weighted by atomic mass is 9.88. The van der Waals surface area contributed by atoms with E-state index < -0.39 is 5.60 Å². The van der Waals surface area contributed by atoms with Crippen molar-refractivity contribution in [2.24, 2.45) is 5.84 Å². The third-order valence-corrected chi connectivity index (χ3v) is 3.90. The molecule has 2 atom stereocenters. The zero-order valence-corrected chi connectivity index (χ0v) is 11.7. The van der Waals surface area contributed by atoms with Crippen molar-refractivity contribution in [1.29, 1.82) is 0 Å². The van der Waals surface area contributed by atoms with E-state index in [1.54, 1.807) is 13.2 Å². The van der Waals surface area contributed by atoms with Gasteiger partial charge in [0.15, 0.2) is 0 Å². The van der Waals surface area contributed by atoms with Crippen LogP contribution >= 0.6 is 11.6 Å². The Labute approximate surface area is 112 Å². The lowest BCUT2D eigenvalue weighted by Crippen LogP contribution is -2.53. The third kappa shape index (κ3) is 3.42. The van der Waals surface area contributed by atoms with Crippen LogP contribution < -0.4 is 11.3 Å². The Balaban J connectivity index is 2.92. The molecule has 0 amide bonds. The van der Waals surface area contributed by atoms with Gasteiger partial charge in [-0.1, -0.05) is 24.6 Å². The maximum absolute atomic E-state index is 13.0. The highest BCUT2D eigenvalue weighted by Gasteiger charge is 2.32. The quantitative estimate of drug-likeness (QED) is 0.619. The molecule has 0 bridgehead atoms. The predicted molar refractivity (Wildman–Crippen MR) is 71.9 cm³/mol. The first kappa shape index (κ1) is 15.4. The van der Waals surface area contributed by atoms with Gasteiger partial charge in [-0.15, -0.1) is 0 Å². The van der Waals surface area contributed by atoms with Crippen molar-refractivity contribution in [2.45, 2.75) is 38.3 Å². The van der Waals surface area contributed by atoms with Gasteiger partial charge >= 0.3 is 0 Å². The van der Waals surface area contributed by atoms with E-state index in [1.807, 2.05) is 13.8 Å². The number of halogens is 2. The number of nitrogens with two attached hydrogens (primary N) is 1. The van der Waals surface area contributed by atoms with E-state index >= 15 is 0 Å². The fourth-order valence-corrected chi connectivity index (χ4v) is 2.14. The molecule has 0 saturated heterocycles. The second-order valence-electron chi connectivity index (χ2n) is 4.53. The Morgan fingerprint density at radius 2 is 2.22 bits per heavy atom. The third-order valence-electron chi connectivity index (χ3n) is 3.55. The summed E-state index contributed by atoms with van der Waals surface area (Å²) in [5.41, 5.74) is 3.21. The molecule has 0 heterocycles. The SMILES string of the molecule is CCC(C)(OC)C(Cc1ccc(F)cc1Cl)NN. The molecule has 102 valence electrons. The van der Waals surface area contributed by atoms with Gasteiger partial charge in [-0.3, -0.25) is 11.3 Å². The second kappa shape index (κ2) is 6.48. The Morgan fingerprint density at radius 3 is 2.67 bits per heavy atom. The first-order valence-corrected chi connectivity index (χ1v) is 6.29. The molecular weight excluding hydrogens is 255 g/mol. The largest absolute Gasteiger partial charge is 0.377 e. The Hall–Kier alpha value is -0.680. The fourth-order valence-electron chi connectivity index (χ4n) is 1.89. The van der Waals surface area contributed by atoms with Gasteiger partial charge in [-0.2, -0.15) is 0 Å². The molecular formula is C13H20ClFN2O. The van der Waals surface area contributed by atoms with Crippen molar-refractivity contribution in [1.82, 2.24) is 5.43 Å². The highest BCUT2D eigenvalue weighted by atomic mass is 35.5. The zero-order valence-electron chi connectivity index (χ0n) is 11.0. The number of hydrogen-bond acceptors (Lipinski definition) is 3. The summed E-state index contributed by atoms with van der Waals surface area (Å²) in [6, 6.07) is 4.27. The van der Waals surface area contributed by atoms with Crippen molar-refractivity contribution in [3.05, 3.63) is 34.6 Å². The molecule has 0 aliphatic carbocycles. The lowest BCUT2D eigenvalue weighted by Gasteiger charge is -2.35. The predicted octanol–water partition coefficient (Wildman–Crippen LogP) is 2.67. The Kier molecular flexibility index (Phi) is 5.53. The fraction of sp³-hybridized carbons (Fsp3) is 0.538. The number of hydrogen-bond donors (Lipinski definition) is 2. The molecule has 0 saturated carbocycles. The number of nitrogens with one attached hydrogen (secondary N) is 1. The van der Waals surface area contributed by atoms with Crippen LogP contribution in [0, 0.1) is 5.82 Å². The molecule has 0 radical (unpaired) electrons. The van der Waals surface area contributed by atoms with E-state index in [-0.39, 0.29) is 11.9 Å². The molecule has 2 unspecified atom stereocenters. The average Bonchev–Trinajstić information content (AvgIpc) is 2.37. The Bertz CT molecular complexity index is 397. The van der Waals surface area contributed by atoms with Gasteiger partial charge in [0.2, 0.25) is 0 Å². The summed E-state index contributed by atoms with van der Waals surface area (Å²) in [5, 5.41) is 0.407. The number of rotatable bonds is 6. The van der Waals surface area contributed by atoms with Crippen LogP contribution in [0.5, 0.6) is 0 Å². The van der Waals surface area contributed by atoms with Crippen LogP contribution in [0.3, 0.4) is 0 Å². The van der Waals surface area contributed by atoms with E-state index in [0.29, 0.717) is 11.4 Å². The van der Waals surface area contributed by atoms with Crippen molar-refractivity contribution in [3.63, 3.8) is 0 Å². The summed E-state index contributed by atoms with van der Waals surface area (Å²) in [5.74, 6) is 5.25. The van der Waals surface area contributed by atoms with E-state index in [9.17, 15) is 4.39 Å². The molecule has 18 heavy (non-hydrogen) atoms. The van der Waals surface area contributed by atoms with Gasteiger partial charge < -0.3 is 4.74 Å². The molecule has 0 spiro atoms. The molecule has 5 heteroatoms. The van der Waals surface area contributed by atoms with Crippen LogP contribution in [0.4, 0.5) is 4.39 Å². The molecule has 0 fully saturated rings. The summed E-state index contributed by atoms with van der Waals surface area (Å²) in [4.78, 5) is 0. The molecule has 1 rings (SSSR count). The molecule has 0 aromatic heterocycles. The minimum absolute atomic E-state index is 0.101. The van der Waals surface area contributed by atoms with Crippen LogP contribution in [0.15, 0.2) is 18.2 Å². The lowest BCUT2D eigenvalue weighted by molar-refractivity contribution is -0.0288. The number of methoxy groups -OCH3 is 1. The summed E-state index contributed by atoms with van der Waals surface area (Å²) in [6.45, 7) is 4.01. The summed E-state index contributed by atoms with van der Waals surface area (Å²) < 4.78 is 18.5. The molecule has 3 nitrogen and oxygen atoms in total. The number of benzene rings is 1. The summed E-state index contributed by atoms with van der Waals surface area (Å²) in [6.07, 6.45) is 1.38. The van der Waals surface area contributed by atoms with Gasteiger partial charge in [-0.25, -0.2) is 4.39 Å². The average molecular weight is 275 g/mol. The minimum atomic E-state index is -0.396. The van der Waals surface area contributed by atoms with Crippen LogP contribution in [0.25, 0.3) is 0 Å². The number of ether oxygens (including phenoxy) is 1. The molecule has 1 aromatic rings. The van der Waals surface area contributed by atoms with Gasteiger partial charge in [0, 0.05) is 12.1 Å². The molecule has 0 aliphatic heterocycles. The van der Waals surface area contributed by atoms with Crippen LogP contribution in [-0.2, 0) is 11.2 Å². The van der Waals surface area contributed by atoms with Crippen LogP contribution in [-0.4, -0.2) is 18.8 Å². The van der Waals surface area contributed by atoms with E-state index in [4.69, 9.17) is 22.2 Å². The van der Waals surface area contributed by atoms with Crippen molar-refractivity contribution < 1.29 is 9.13 Å². The highest BCUT2D eigenvalue weighted by molar-refractivity contribution is 6.31. The minimum Gasteiger partial charge on any atom is -0.377 e. The topological polar surface area (TPSA) is 47.3 Å². The van der Waals surface area contributed by atoms with Gasteiger partial charge in [0.05, 0.1) is 11.6 Å². The van der Waals surface area contributed by atoms with Gasteiger partial charge in [0.1, 0.15) is 5.82 Å². The first-order chi connectivity index (χ1) is 8.46. The molecule has 1 aromatic carbocycles. The van der Waals surface area contributed by atoms with Gasteiger partial charge in [-0.05, 0) is 37.5 Å². The van der Waals surface area contributed by atoms with Crippen molar-refractivity contribution >= 4 is 11.6 Å². The van der Waals surface area contributed by atoms with Crippen molar-refractivity contribution in [2.75, 3.05) is 7.11 Å². The standard InChI is InChI=1S/C13H20ClFN2O/c1-4-13(2,18-3)12(17-16)7-9-5-6-10(15)8-11(9)14/h5-6,8,12,17H,4,7,16H2,1-3H3. The maximum atomic E-state index is 13.0. The van der Waals surface area contributed by atoms with Crippen LogP contribution in [0.1, 0.15) is 25.8 Å². The molecule has 0 aliphatic rings. The first-order valence-electron chi connectivity index (χ1n) is 5.92. The van der Waals surface area contributed by atoms with Gasteiger partial charge in [0.25, 0.3) is 0 Å². The van der Waals surface area contributed by atoms with E-state index in [1.165, 1.54) is 12.1 Å². The van der Waals surface area contributed by atoms with Crippen molar-refractivity contribution in [3.8, 4) is 0 Å². The normalized spacial score (nSPS) is 16.3. The summed E-state index contributed by atoms with van der Waals surface area (Å²) >= 11 is 6.02. The second-order valence-corrected chi connectivity index (χ2v) is 4.94. The monoisotopic (exact) mass is 274 g/mol. The van der Waals surface area contributed by atoms with E-state index in [2.05, 4.69) is 5.43 Å². The Morgan fingerprint density at radius 1 is 1.56 bits per heavy atom. The molecule has 3 N–H and O–H groups in total. The maximum Gasteiger partial charge on any atom is 0.124 e. The zero-order chi connectivity index (χ0) is 13.8. The summed E-state index contributed by atoms with van der Waals surface area (Å²) in [7, 11) is 1.65. The number of hydrazine groups is 1. The van der Waals surface area contributed by atoms with Crippen LogP contribution in [0.2, 0.25) is 5.02 Å². The van der Waals surface area contributed by atoms with E-state index in [0.717, 1.165) is 12.0 Å². The smallest absolute Gasteiger partial charge is 0.124 e.